The molecule has 132 valence electrons. The molecule has 0 saturated carbocycles. The van der Waals surface area contributed by atoms with Gasteiger partial charge in [0.15, 0.2) is 0 Å². The Kier molecular flexibility index (Phi) is 3.70. The first-order valence-corrected chi connectivity index (χ1v) is 9.11. The molecule has 0 aliphatic carbocycles. The van der Waals surface area contributed by atoms with E-state index in [9.17, 15) is 0 Å². The zero-order valence-electron chi connectivity index (χ0n) is 15.3. The molecule has 0 aliphatic rings. The number of rotatable bonds is 2. The lowest BCUT2D eigenvalue weighted by Gasteiger charge is -2.08. The Labute approximate surface area is 162 Å². The van der Waals surface area contributed by atoms with Crippen LogP contribution in [0.25, 0.3) is 49.2 Å². The molecule has 0 bridgehead atoms. The van der Waals surface area contributed by atoms with E-state index >= 15 is 0 Å². The predicted molar refractivity (Wildman–Crippen MR) is 113 cm³/mol. The molecule has 0 aliphatic heterocycles. The van der Waals surface area contributed by atoms with Crippen LogP contribution >= 0.6 is 0 Å². The van der Waals surface area contributed by atoms with Crippen LogP contribution in [0.15, 0.2) is 83.4 Å². The number of pyridine rings is 1. The molecule has 5 aromatic rings. The standard InChI is InChI=1S/C25H16N2O/c1-16-20(17-9-4-3-5-10-17)15-21-18-11-8-12-19(22-13-6-7-14-27-22)24(18)28-25(21)23(16)26-2/h3-15H,1H3. The number of furan rings is 1. The molecule has 0 N–H and O–H groups in total. The van der Waals surface area contributed by atoms with Crippen molar-refractivity contribution in [2.24, 2.45) is 0 Å². The first-order valence-electron chi connectivity index (χ1n) is 9.11. The molecule has 0 radical (unpaired) electrons. The van der Waals surface area contributed by atoms with E-state index in [2.05, 4.69) is 28.0 Å². The maximum atomic E-state index is 7.77. The summed E-state index contributed by atoms with van der Waals surface area (Å²) < 4.78 is 6.28. The van der Waals surface area contributed by atoms with Crippen molar-refractivity contribution in [3.8, 4) is 22.4 Å². The Morgan fingerprint density at radius 3 is 2.39 bits per heavy atom. The minimum atomic E-state index is 0.569. The van der Waals surface area contributed by atoms with Gasteiger partial charge in [0.05, 0.1) is 12.3 Å². The van der Waals surface area contributed by atoms with Gasteiger partial charge in [-0.15, -0.1) is 0 Å². The molecule has 0 unspecified atom stereocenters. The summed E-state index contributed by atoms with van der Waals surface area (Å²) in [7, 11) is 0. The monoisotopic (exact) mass is 360 g/mol. The van der Waals surface area contributed by atoms with Crippen molar-refractivity contribution in [3.63, 3.8) is 0 Å². The fourth-order valence-electron chi connectivity index (χ4n) is 3.78. The topological polar surface area (TPSA) is 30.4 Å². The van der Waals surface area contributed by atoms with Crippen LogP contribution < -0.4 is 0 Å². The van der Waals surface area contributed by atoms with Gasteiger partial charge >= 0.3 is 0 Å². The Morgan fingerprint density at radius 1 is 0.821 bits per heavy atom. The van der Waals surface area contributed by atoms with E-state index in [0.717, 1.165) is 44.3 Å². The number of nitrogens with zero attached hydrogens (tertiary/aromatic N) is 2. The van der Waals surface area contributed by atoms with Gasteiger partial charge in [-0.25, -0.2) is 4.85 Å². The van der Waals surface area contributed by atoms with Gasteiger partial charge in [0.25, 0.3) is 0 Å². The van der Waals surface area contributed by atoms with E-state index in [1.54, 1.807) is 6.20 Å². The maximum Gasteiger partial charge on any atom is 0.232 e. The van der Waals surface area contributed by atoms with Gasteiger partial charge < -0.3 is 4.42 Å². The highest BCUT2D eigenvalue weighted by Crippen LogP contribution is 2.43. The number of benzene rings is 3. The van der Waals surface area contributed by atoms with Crippen LogP contribution in [0.5, 0.6) is 0 Å². The lowest BCUT2D eigenvalue weighted by molar-refractivity contribution is 0.671. The van der Waals surface area contributed by atoms with Gasteiger partial charge in [-0.2, -0.15) is 0 Å². The third-order valence-electron chi connectivity index (χ3n) is 5.15. The van der Waals surface area contributed by atoms with Crippen molar-refractivity contribution < 1.29 is 4.42 Å². The van der Waals surface area contributed by atoms with Gasteiger partial charge in [0.2, 0.25) is 5.69 Å². The van der Waals surface area contributed by atoms with E-state index < -0.39 is 0 Å². The van der Waals surface area contributed by atoms with Crippen molar-refractivity contribution in [1.29, 1.82) is 0 Å². The number of hydrogen-bond acceptors (Lipinski definition) is 2. The van der Waals surface area contributed by atoms with E-state index in [4.69, 9.17) is 11.0 Å². The van der Waals surface area contributed by atoms with E-state index in [1.165, 1.54) is 0 Å². The molecule has 28 heavy (non-hydrogen) atoms. The lowest BCUT2D eigenvalue weighted by atomic mass is 9.96. The SMILES string of the molecule is [C-]#[N+]c1c(C)c(-c2ccccc2)cc2c1oc1c(-c3ccccn3)cccc12. The van der Waals surface area contributed by atoms with Crippen molar-refractivity contribution >= 4 is 27.6 Å². The summed E-state index contributed by atoms with van der Waals surface area (Å²) in [4.78, 5) is 8.30. The molecule has 0 saturated heterocycles. The van der Waals surface area contributed by atoms with Gasteiger partial charge in [-0.05, 0) is 47.9 Å². The van der Waals surface area contributed by atoms with Gasteiger partial charge in [-0.3, -0.25) is 4.98 Å². The van der Waals surface area contributed by atoms with Crippen molar-refractivity contribution in [1.82, 2.24) is 4.98 Å². The van der Waals surface area contributed by atoms with Crippen LogP contribution in [-0.2, 0) is 0 Å². The fraction of sp³-hybridized carbons (Fsp3) is 0.0400. The third-order valence-corrected chi connectivity index (χ3v) is 5.15. The molecule has 3 heteroatoms. The molecular formula is C25H16N2O. The van der Waals surface area contributed by atoms with Crippen LogP contribution in [0.1, 0.15) is 5.56 Å². The Balaban J connectivity index is 1.89. The lowest BCUT2D eigenvalue weighted by Crippen LogP contribution is -1.84. The fourth-order valence-corrected chi connectivity index (χ4v) is 3.78. The second-order valence-electron chi connectivity index (χ2n) is 6.75. The number of fused-ring (bicyclic) bond motifs is 3. The second kappa shape index (κ2) is 6.37. The van der Waals surface area contributed by atoms with Crippen molar-refractivity contribution in [2.45, 2.75) is 6.92 Å². The summed E-state index contributed by atoms with van der Waals surface area (Å²) in [5.41, 5.74) is 6.87. The van der Waals surface area contributed by atoms with E-state index in [1.807, 2.05) is 61.5 Å². The van der Waals surface area contributed by atoms with Crippen LogP contribution in [0.2, 0.25) is 0 Å². The predicted octanol–water partition coefficient (Wildman–Crippen LogP) is 7.17. The Morgan fingerprint density at radius 2 is 1.64 bits per heavy atom. The summed E-state index contributed by atoms with van der Waals surface area (Å²) in [6.07, 6.45) is 1.78. The van der Waals surface area contributed by atoms with Crippen molar-refractivity contribution in [3.05, 3.63) is 96.0 Å². The summed E-state index contributed by atoms with van der Waals surface area (Å²) in [5.74, 6) is 0. The minimum absolute atomic E-state index is 0.569. The Hall–Kier alpha value is -3.90. The summed E-state index contributed by atoms with van der Waals surface area (Å²) in [6.45, 7) is 9.76. The largest absolute Gasteiger partial charge is 0.466 e. The summed E-state index contributed by atoms with van der Waals surface area (Å²) in [6, 6.07) is 24.2. The summed E-state index contributed by atoms with van der Waals surface area (Å²) >= 11 is 0. The molecule has 0 spiro atoms. The molecule has 3 aromatic carbocycles. The number of para-hydroxylation sites is 1. The molecule has 2 heterocycles. The van der Waals surface area contributed by atoms with Gasteiger partial charge in [-0.1, -0.05) is 48.5 Å². The molecule has 2 aromatic heterocycles. The second-order valence-corrected chi connectivity index (χ2v) is 6.75. The third kappa shape index (κ3) is 2.39. The van der Waals surface area contributed by atoms with E-state index in [-0.39, 0.29) is 0 Å². The first kappa shape index (κ1) is 16.3. The number of hydrogen-bond donors (Lipinski definition) is 0. The first-order chi connectivity index (χ1) is 13.8. The van der Waals surface area contributed by atoms with Gasteiger partial charge in [0.1, 0.15) is 11.2 Å². The molecule has 0 fully saturated rings. The number of aromatic nitrogens is 1. The average Bonchev–Trinajstić information content (AvgIpc) is 3.13. The molecule has 0 atom stereocenters. The van der Waals surface area contributed by atoms with Crippen molar-refractivity contribution in [2.75, 3.05) is 0 Å². The van der Waals surface area contributed by atoms with Crippen LogP contribution in [0.4, 0.5) is 5.69 Å². The minimum Gasteiger partial charge on any atom is -0.466 e. The quantitative estimate of drug-likeness (QED) is 0.312. The molecular weight excluding hydrogens is 344 g/mol. The molecule has 0 amide bonds. The van der Waals surface area contributed by atoms with Gasteiger partial charge in [0, 0.05) is 22.5 Å². The zero-order valence-corrected chi connectivity index (χ0v) is 15.3. The zero-order chi connectivity index (χ0) is 19.1. The smallest absolute Gasteiger partial charge is 0.232 e. The normalized spacial score (nSPS) is 11.0. The van der Waals surface area contributed by atoms with Crippen LogP contribution in [0.3, 0.4) is 0 Å². The molecule has 3 nitrogen and oxygen atoms in total. The maximum absolute atomic E-state index is 7.77. The Bertz CT molecular complexity index is 1360. The highest BCUT2D eigenvalue weighted by Gasteiger charge is 2.19. The highest BCUT2D eigenvalue weighted by molar-refractivity contribution is 6.14. The van der Waals surface area contributed by atoms with E-state index in [0.29, 0.717) is 11.3 Å². The average molecular weight is 360 g/mol. The summed E-state index contributed by atoms with van der Waals surface area (Å²) in [5, 5.41) is 1.96. The highest BCUT2D eigenvalue weighted by atomic mass is 16.3. The van der Waals surface area contributed by atoms with Crippen LogP contribution in [-0.4, -0.2) is 4.98 Å². The molecule has 5 rings (SSSR count). The van der Waals surface area contributed by atoms with Crippen LogP contribution in [0, 0.1) is 13.5 Å².